The van der Waals surface area contributed by atoms with Crippen LogP contribution >= 0.6 is 23.7 Å². The average molecular weight is 503 g/mol. The maximum absolute atomic E-state index is 13.4. The zero-order valence-corrected chi connectivity index (χ0v) is 20.9. The molecular formula is C24H27ClN4O4S. The van der Waals surface area contributed by atoms with Crippen LogP contribution in [0.3, 0.4) is 0 Å². The number of carbonyl (C=O) groups excluding carboxylic acids is 3. The molecule has 10 heteroatoms. The summed E-state index contributed by atoms with van der Waals surface area (Å²) in [6, 6.07) is 12.3. The molecule has 3 amide bonds. The number of anilines is 1. The molecule has 0 spiro atoms. The van der Waals surface area contributed by atoms with E-state index in [1.54, 1.807) is 29.2 Å². The van der Waals surface area contributed by atoms with Crippen LogP contribution in [0.1, 0.15) is 34.1 Å². The molecule has 34 heavy (non-hydrogen) atoms. The Hall–Kier alpha value is -3.01. The van der Waals surface area contributed by atoms with E-state index in [4.69, 9.17) is 9.72 Å². The Morgan fingerprint density at radius 2 is 1.71 bits per heavy atom. The average Bonchev–Trinajstić information content (AvgIpc) is 3.33. The van der Waals surface area contributed by atoms with Crippen molar-refractivity contribution in [1.82, 2.24) is 14.8 Å². The van der Waals surface area contributed by atoms with Gasteiger partial charge in [-0.25, -0.2) is 4.98 Å². The Morgan fingerprint density at radius 1 is 1.03 bits per heavy atom. The lowest BCUT2D eigenvalue weighted by Crippen LogP contribution is -2.43. The molecule has 1 aliphatic rings. The highest BCUT2D eigenvalue weighted by molar-refractivity contribution is 7.22. The molecule has 0 N–H and O–H groups in total. The van der Waals surface area contributed by atoms with Crippen molar-refractivity contribution < 1.29 is 19.1 Å². The predicted molar refractivity (Wildman–Crippen MR) is 135 cm³/mol. The van der Waals surface area contributed by atoms with Crippen molar-refractivity contribution in [3.05, 3.63) is 53.6 Å². The molecule has 2 heterocycles. The summed E-state index contributed by atoms with van der Waals surface area (Å²) >= 11 is 1.39. The lowest BCUT2D eigenvalue weighted by Gasteiger charge is -2.23. The highest BCUT2D eigenvalue weighted by atomic mass is 35.5. The van der Waals surface area contributed by atoms with Gasteiger partial charge in [0.1, 0.15) is 17.8 Å². The van der Waals surface area contributed by atoms with Crippen molar-refractivity contribution in [3.63, 3.8) is 0 Å². The zero-order chi connectivity index (χ0) is 23.5. The fourth-order valence-corrected chi connectivity index (χ4v) is 4.80. The van der Waals surface area contributed by atoms with Crippen molar-refractivity contribution in [3.8, 4) is 5.75 Å². The number of fused-ring (bicyclic) bond motifs is 2. The van der Waals surface area contributed by atoms with E-state index in [0.717, 1.165) is 22.6 Å². The molecule has 0 fully saturated rings. The van der Waals surface area contributed by atoms with Gasteiger partial charge >= 0.3 is 0 Å². The van der Waals surface area contributed by atoms with Crippen LogP contribution in [0.2, 0.25) is 0 Å². The van der Waals surface area contributed by atoms with Gasteiger partial charge in [-0.1, -0.05) is 29.5 Å². The number of hydrogen-bond acceptors (Lipinski definition) is 7. The van der Waals surface area contributed by atoms with Crippen LogP contribution < -0.4 is 9.64 Å². The predicted octanol–water partition coefficient (Wildman–Crippen LogP) is 3.70. The van der Waals surface area contributed by atoms with E-state index in [1.165, 1.54) is 11.3 Å². The number of imide groups is 1. The molecule has 1 aromatic heterocycles. The zero-order valence-electron chi connectivity index (χ0n) is 19.3. The second kappa shape index (κ2) is 10.9. The molecule has 0 saturated carbocycles. The molecule has 0 bridgehead atoms. The van der Waals surface area contributed by atoms with Crippen LogP contribution in [-0.4, -0.2) is 72.8 Å². The molecule has 8 nitrogen and oxygen atoms in total. The van der Waals surface area contributed by atoms with E-state index in [9.17, 15) is 14.4 Å². The van der Waals surface area contributed by atoms with Crippen LogP contribution in [0.4, 0.5) is 5.13 Å². The van der Waals surface area contributed by atoms with Crippen molar-refractivity contribution in [1.29, 1.82) is 0 Å². The second-order valence-corrected chi connectivity index (χ2v) is 8.99. The minimum atomic E-state index is -0.444. The molecule has 4 rings (SSSR count). The van der Waals surface area contributed by atoms with E-state index < -0.39 is 11.8 Å². The smallest absolute Gasteiger partial charge is 0.262 e. The van der Waals surface area contributed by atoms with Crippen molar-refractivity contribution >= 4 is 56.8 Å². The molecule has 0 saturated heterocycles. The minimum Gasteiger partial charge on any atom is -0.492 e. The number of rotatable bonds is 9. The number of para-hydroxylation sites is 1. The molecular weight excluding hydrogens is 476 g/mol. The van der Waals surface area contributed by atoms with E-state index in [1.807, 2.05) is 44.1 Å². The van der Waals surface area contributed by atoms with Gasteiger partial charge in [0, 0.05) is 6.54 Å². The quantitative estimate of drug-likeness (QED) is 0.415. The Kier molecular flexibility index (Phi) is 8.24. The highest BCUT2D eigenvalue weighted by Crippen LogP contribution is 2.34. The number of thiazole rings is 1. The largest absolute Gasteiger partial charge is 0.492 e. The summed E-state index contributed by atoms with van der Waals surface area (Å²) in [5.41, 5.74) is 1.36. The van der Waals surface area contributed by atoms with Gasteiger partial charge in [-0.2, -0.15) is 0 Å². The molecule has 3 aromatic rings. The number of amides is 3. The topological polar surface area (TPSA) is 83.0 Å². The number of nitrogens with zero attached hydrogens (tertiary/aromatic N) is 4. The van der Waals surface area contributed by atoms with E-state index >= 15 is 0 Å². The normalized spacial score (nSPS) is 12.8. The second-order valence-electron chi connectivity index (χ2n) is 7.98. The first-order chi connectivity index (χ1) is 15.9. The number of ether oxygens (including phenoxy) is 1. The summed E-state index contributed by atoms with van der Waals surface area (Å²) in [6.07, 6.45) is 0.717. The summed E-state index contributed by atoms with van der Waals surface area (Å²) in [5.74, 6) is -0.570. The fraction of sp³-hybridized carbons (Fsp3) is 0.333. The third-order valence-corrected chi connectivity index (χ3v) is 6.40. The van der Waals surface area contributed by atoms with Gasteiger partial charge in [-0.15, -0.1) is 12.4 Å². The van der Waals surface area contributed by atoms with Crippen LogP contribution in [0.5, 0.6) is 5.75 Å². The first-order valence-corrected chi connectivity index (χ1v) is 11.6. The number of aromatic nitrogens is 1. The van der Waals surface area contributed by atoms with Crippen LogP contribution in [-0.2, 0) is 4.79 Å². The van der Waals surface area contributed by atoms with Crippen LogP contribution in [0.25, 0.3) is 10.2 Å². The maximum Gasteiger partial charge on any atom is 0.262 e. The Morgan fingerprint density at radius 3 is 2.32 bits per heavy atom. The van der Waals surface area contributed by atoms with Gasteiger partial charge in [0.2, 0.25) is 5.91 Å². The van der Waals surface area contributed by atoms with Gasteiger partial charge in [-0.3, -0.25) is 24.2 Å². The SMILES string of the molecule is CCOc1cccc2sc(N(CCCN(C)C)C(=O)CN3C(=O)c4ccccc4C3=O)nc12.Cl. The third-order valence-electron chi connectivity index (χ3n) is 5.36. The van der Waals surface area contributed by atoms with Crippen molar-refractivity contribution in [2.24, 2.45) is 0 Å². The first-order valence-electron chi connectivity index (χ1n) is 10.8. The number of carbonyl (C=O) groups is 3. The minimum absolute atomic E-state index is 0. The summed E-state index contributed by atoms with van der Waals surface area (Å²) < 4.78 is 6.60. The Balaban J connectivity index is 0.00000324. The standard InChI is InChI=1S/C24H26N4O4S.ClH/c1-4-32-18-11-7-12-19-21(18)25-24(33-19)27(14-8-13-26(2)3)20(29)15-28-22(30)16-9-5-6-10-17(16)23(28)31;/h5-7,9-12H,4,8,13-15H2,1-3H3;1H. The molecule has 0 unspecified atom stereocenters. The molecule has 0 radical (unpaired) electrons. The lowest BCUT2D eigenvalue weighted by molar-refractivity contribution is -0.119. The lowest BCUT2D eigenvalue weighted by atomic mass is 10.1. The molecule has 180 valence electrons. The summed E-state index contributed by atoms with van der Waals surface area (Å²) in [4.78, 5) is 48.3. The Labute approximate surface area is 208 Å². The van der Waals surface area contributed by atoms with Gasteiger partial charge < -0.3 is 9.64 Å². The van der Waals surface area contributed by atoms with Gasteiger partial charge in [0.15, 0.2) is 5.13 Å². The van der Waals surface area contributed by atoms with E-state index in [-0.39, 0.29) is 24.9 Å². The third kappa shape index (κ3) is 5.06. The summed E-state index contributed by atoms with van der Waals surface area (Å²) in [5, 5.41) is 0.525. The molecule has 2 aromatic carbocycles. The number of hydrogen-bond donors (Lipinski definition) is 0. The van der Waals surface area contributed by atoms with Crippen molar-refractivity contribution in [2.45, 2.75) is 13.3 Å². The van der Waals surface area contributed by atoms with Gasteiger partial charge in [0.05, 0.1) is 22.4 Å². The van der Waals surface area contributed by atoms with Gasteiger partial charge in [0.25, 0.3) is 11.8 Å². The van der Waals surface area contributed by atoms with E-state index in [2.05, 4.69) is 0 Å². The van der Waals surface area contributed by atoms with Crippen LogP contribution in [0, 0.1) is 0 Å². The van der Waals surface area contributed by atoms with Gasteiger partial charge in [-0.05, 0) is 58.3 Å². The number of benzene rings is 2. The Bertz CT molecular complexity index is 1180. The first kappa shape index (κ1) is 25.6. The highest BCUT2D eigenvalue weighted by Gasteiger charge is 2.37. The van der Waals surface area contributed by atoms with Crippen molar-refractivity contribution in [2.75, 3.05) is 45.2 Å². The monoisotopic (exact) mass is 502 g/mol. The summed E-state index contributed by atoms with van der Waals surface area (Å²) in [7, 11) is 3.94. The van der Waals surface area contributed by atoms with E-state index in [0.29, 0.717) is 40.7 Å². The number of halogens is 1. The molecule has 0 atom stereocenters. The molecule has 0 aliphatic carbocycles. The van der Waals surface area contributed by atoms with Crippen LogP contribution in [0.15, 0.2) is 42.5 Å². The molecule has 1 aliphatic heterocycles. The maximum atomic E-state index is 13.4. The fourth-order valence-electron chi connectivity index (χ4n) is 3.77. The summed E-state index contributed by atoms with van der Waals surface area (Å²) in [6.45, 7) is 3.29.